The Morgan fingerprint density at radius 1 is 1.19 bits per heavy atom. The van der Waals surface area contributed by atoms with E-state index in [1.165, 1.54) is 18.2 Å². The van der Waals surface area contributed by atoms with Crippen LogP contribution in [0, 0.1) is 17.0 Å². The van der Waals surface area contributed by atoms with E-state index in [2.05, 4.69) is 4.72 Å². The molecule has 0 saturated heterocycles. The van der Waals surface area contributed by atoms with E-state index >= 15 is 0 Å². The fourth-order valence-electron chi connectivity index (χ4n) is 1.80. The summed E-state index contributed by atoms with van der Waals surface area (Å²) < 4.78 is 26.9. The maximum absolute atomic E-state index is 12.3. The van der Waals surface area contributed by atoms with E-state index in [-0.39, 0.29) is 22.0 Å². The SMILES string of the molecule is Cc1ccccc1S(=O)(=O)Nc1cc([N+](=O)[O-])ccc1N. The van der Waals surface area contributed by atoms with Gasteiger partial charge in [-0.15, -0.1) is 0 Å². The highest BCUT2D eigenvalue weighted by Crippen LogP contribution is 2.27. The zero-order valence-corrected chi connectivity index (χ0v) is 11.9. The van der Waals surface area contributed by atoms with Crippen molar-refractivity contribution in [3.63, 3.8) is 0 Å². The second-order valence-electron chi connectivity index (χ2n) is 4.40. The molecule has 0 amide bonds. The molecule has 0 unspecified atom stereocenters. The lowest BCUT2D eigenvalue weighted by atomic mass is 10.2. The van der Waals surface area contributed by atoms with Crippen molar-refractivity contribution in [1.82, 2.24) is 0 Å². The molecule has 110 valence electrons. The number of rotatable bonds is 4. The van der Waals surface area contributed by atoms with Crippen molar-refractivity contribution in [2.24, 2.45) is 0 Å². The van der Waals surface area contributed by atoms with Gasteiger partial charge in [0.05, 0.1) is 21.2 Å². The smallest absolute Gasteiger partial charge is 0.271 e. The summed E-state index contributed by atoms with van der Waals surface area (Å²) in [6.07, 6.45) is 0. The highest BCUT2D eigenvalue weighted by molar-refractivity contribution is 7.92. The molecule has 0 radical (unpaired) electrons. The van der Waals surface area contributed by atoms with E-state index in [0.717, 1.165) is 6.07 Å². The van der Waals surface area contributed by atoms with Crippen LogP contribution in [0.2, 0.25) is 0 Å². The largest absolute Gasteiger partial charge is 0.397 e. The van der Waals surface area contributed by atoms with Crippen LogP contribution in [0.3, 0.4) is 0 Å². The summed E-state index contributed by atoms with van der Waals surface area (Å²) in [6.45, 7) is 1.66. The van der Waals surface area contributed by atoms with E-state index in [1.807, 2.05) is 0 Å². The number of hydrogen-bond acceptors (Lipinski definition) is 5. The first-order valence-electron chi connectivity index (χ1n) is 5.93. The van der Waals surface area contributed by atoms with Gasteiger partial charge in [0, 0.05) is 12.1 Å². The highest BCUT2D eigenvalue weighted by atomic mass is 32.2. The average Bonchev–Trinajstić information content (AvgIpc) is 2.41. The van der Waals surface area contributed by atoms with Crippen molar-refractivity contribution < 1.29 is 13.3 Å². The van der Waals surface area contributed by atoms with Gasteiger partial charge in [0.25, 0.3) is 15.7 Å². The van der Waals surface area contributed by atoms with E-state index in [1.54, 1.807) is 25.1 Å². The topological polar surface area (TPSA) is 115 Å². The van der Waals surface area contributed by atoms with Gasteiger partial charge in [-0.05, 0) is 24.6 Å². The molecule has 0 aliphatic heterocycles. The number of sulfonamides is 1. The minimum Gasteiger partial charge on any atom is -0.397 e. The van der Waals surface area contributed by atoms with Gasteiger partial charge in [0.15, 0.2) is 0 Å². The second-order valence-corrected chi connectivity index (χ2v) is 6.05. The van der Waals surface area contributed by atoms with Crippen LogP contribution in [0.25, 0.3) is 0 Å². The van der Waals surface area contributed by atoms with Gasteiger partial charge >= 0.3 is 0 Å². The van der Waals surface area contributed by atoms with Crippen molar-refractivity contribution in [1.29, 1.82) is 0 Å². The first kappa shape index (κ1) is 14.8. The Bertz CT molecular complexity index is 803. The number of aryl methyl sites for hydroxylation is 1. The summed E-state index contributed by atoms with van der Waals surface area (Å²) in [5, 5.41) is 10.7. The van der Waals surface area contributed by atoms with Gasteiger partial charge in [-0.1, -0.05) is 18.2 Å². The molecule has 2 rings (SSSR count). The Kier molecular flexibility index (Phi) is 3.81. The van der Waals surface area contributed by atoms with Crippen LogP contribution < -0.4 is 10.5 Å². The van der Waals surface area contributed by atoms with Gasteiger partial charge in [-0.3, -0.25) is 14.8 Å². The third-order valence-corrected chi connectivity index (χ3v) is 4.40. The van der Waals surface area contributed by atoms with Crippen molar-refractivity contribution in [3.05, 3.63) is 58.1 Å². The van der Waals surface area contributed by atoms with E-state index in [9.17, 15) is 18.5 Å². The summed E-state index contributed by atoms with van der Waals surface area (Å²) in [7, 11) is -3.86. The van der Waals surface area contributed by atoms with Crippen molar-refractivity contribution in [2.45, 2.75) is 11.8 Å². The zero-order valence-electron chi connectivity index (χ0n) is 11.1. The Hall–Kier alpha value is -2.61. The van der Waals surface area contributed by atoms with Crippen LogP contribution in [-0.2, 0) is 10.0 Å². The minimum absolute atomic E-state index is 0.0209. The highest BCUT2D eigenvalue weighted by Gasteiger charge is 2.19. The van der Waals surface area contributed by atoms with Crippen LogP contribution in [0.5, 0.6) is 0 Å². The molecule has 0 heterocycles. The third-order valence-electron chi connectivity index (χ3n) is 2.88. The van der Waals surface area contributed by atoms with Crippen LogP contribution >= 0.6 is 0 Å². The van der Waals surface area contributed by atoms with E-state index in [4.69, 9.17) is 5.73 Å². The number of nitro groups is 1. The molecule has 0 aliphatic carbocycles. The van der Waals surface area contributed by atoms with Gasteiger partial charge in [0.2, 0.25) is 0 Å². The lowest BCUT2D eigenvalue weighted by molar-refractivity contribution is -0.384. The van der Waals surface area contributed by atoms with Crippen molar-refractivity contribution in [3.8, 4) is 0 Å². The number of nitrogen functional groups attached to an aromatic ring is 1. The maximum atomic E-state index is 12.3. The number of nitrogens with two attached hydrogens (primary N) is 1. The third kappa shape index (κ3) is 3.11. The van der Waals surface area contributed by atoms with Crippen LogP contribution in [-0.4, -0.2) is 13.3 Å². The predicted molar refractivity (Wildman–Crippen MR) is 79.5 cm³/mol. The standard InChI is InChI=1S/C13H13N3O4S/c1-9-4-2-3-5-13(9)21(19,20)15-12-8-10(16(17)18)6-7-11(12)14/h2-8,15H,14H2,1H3. The fraction of sp³-hybridized carbons (Fsp3) is 0.0769. The summed E-state index contributed by atoms with van der Waals surface area (Å²) in [4.78, 5) is 10.2. The summed E-state index contributed by atoms with van der Waals surface area (Å²) in [5.41, 5.74) is 6.07. The molecule has 0 atom stereocenters. The monoisotopic (exact) mass is 307 g/mol. The molecular formula is C13H13N3O4S. The van der Waals surface area contributed by atoms with E-state index < -0.39 is 14.9 Å². The zero-order chi connectivity index (χ0) is 15.6. The Morgan fingerprint density at radius 2 is 1.86 bits per heavy atom. The number of nitro benzene ring substituents is 1. The molecule has 2 aromatic carbocycles. The van der Waals surface area contributed by atoms with Gasteiger partial charge in [-0.25, -0.2) is 8.42 Å². The van der Waals surface area contributed by atoms with Crippen LogP contribution in [0.1, 0.15) is 5.56 Å². The number of nitrogens with one attached hydrogen (secondary N) is 1. The van der Waals surface area contributed by atoms with Gasteiger partial charge < -0.3 is 5.73 Å². The molecule has 7 nitrogen and oxygen atoms in total. The molecule has 2 aromatic rings. The average molecular weight is 307 g/mol. The molecule has 8 heteroatoms. The lowest BCUT2D eigenvalue weighted by Gasteiger charge is -2.11. The summed E-state index contributed by atoms with van der Waals surface area (Å²) in [6, 6.07) is 10.0. The number of non-ortho nitro benzene ring substituents is 1. The Balaban J connectivity index is 2.44. The minimum atomic E-state index is -3.86. The number of anilines is 2. The van der Waals surface area contributed by atoms with Crippen LogP contribution in [0.4, 0.5) is 17.1 Å². The first-order chi connectivity index (χ1) is 9.81. The van der Waals surface area contributed by atoms with Gasteiger partial charge in [-0.2, -0.15) is 0 Å². The molecule has 0 bridgehead atoms. The Labute approximate surface area is 121 Å². The molecule has 0 fully saturated rings. The number of nitrogens with zero attached hydrogens (tertiary/aromatic N) is 1. The second kappa shape index (κ2) is 5.41. The van der Waals surface area contributed by atoms with Crippen molar-refractivity contribution in [2.75, 3.05) is 10.5 Å². The number of benzene rings is 2. The number of hydrogen-bond donors (Lipinski definition) is 2. The Morgan fingerprint density at radius 3 is 2.48 bits per heavy atom. The first-order valence-corrected chi connectivity index (χ1v) is 7.42. The molecule has 21 heavy (non-hydrogen) atoms. The molecule has 0 aromatic heterocycles. The van der Waals surface area contributed by atoms with Gasteiger partial charge in [0.1, 0.15) is 0 Å². The molecule has 0 saturated carbocycles. The molecule has 3 N–H and O–H groups in total. The van der Waals surface area contributed by atoms with E-state index in [0.29, 0.717) is 5.56 Å². The normalized spacial score (nSPS) is 11.1. The van der Waals surface area contributed by atoms with Crippen LogP contribution in [0.15, 0.2) is 47.4 Å². The molecule has 0 spiro atoms. The molecular weight excluding hydrogens is 294 g/mol. The van der Waals surface area contributed by atoms with Crippen molar-refractivity contribution >= 4 is 27.1 Å². The quantitative estimate of drug-likeness (QED) is 0.511. The molecule has 0 aliphatic rings. The fourth-order valence-corrected chi connectivity index (χ4v) is 3.13. The summed E-state index contributed by atoms with van der Waals surface area (Å²) in [5.74, 6) is 0. The maximum Gasteiger partial charge on any atom is 0.271 e. The summed E-state index contributed by atoms with van der Waals surface area (Å²) >= 11 is 0. The lowest BCUT2D eigenvalue weighted by Crippen LogP contribution is -2.15. The predicted octanol–water partition coefficient (Wildman–Crippen LogP) is 2.29.